The maximum atomic E-state index is 12.3. The van der Waals surface area contributed by atoms with E-state index in [2.05, 4.69) is 22.3 Å². The first kappa shape index (κ1) is 22.0. The fraction of sp³-hybridized carbons (Fsp3) is 0.381. The van der Waals surface area contributed by atoms with E-state index in [1.807, 2.05) is 42.5 Å². The standard InChI is InChI=1S/C21H27N3O3.ClH/c22-11-13-24(12-10-17-6-2-1-3-7-17)15-21(25)23-14-18-16-26-19-8-4-5-9-20(19)27-18;/h1-9,18H,10-16,22H2,(H,23,25);1H. The molecule has 0 aromatic heterocycles. The Morgan fingerprint density at radius 3 is 2.54 bits per heavy atom. The lowest BCUT2D eigenvalue weighted by Gasteiger charge is -2.27. The van der Waals surface area contributed by atoms with Crippen LogP contribution in [0.25, 0.3) is 0 Å². The number of hydrogen-bond donors (Lipinski definition) is 2. The Bertz CT molecular complexity index is 730. The number of para-hydroxylation sites is 2. The highest BCUT2D eigenvalue weighted by Crippen LogP contribution is 2.30. The van der Waals surface area contributed by atoms with Gasteiger partial charge in [0.25, 0.3) is 0 Å². The molecule has 0 saturated carbocycles. The lowest BCUT2D eigenvalue weighted by atomic mass is 10.1. The average molecular weight is 406 g/mol. The minimum Gasteiger partial charge on any atom is -0.486 e. The summed E-state index contributed by atoms with van der Waals surface area (Å²) in [5.74, 6) is 1.43. The zero-order chi connectivity index (χ0) is 18.9. The number of nitrogens with two attached hydrogens (primary N) is 1. The summed E-state index contributed by atoms with van der Waals surface area (Å²) >= 11 is 0. The van der Waals surface area contributed by atoms with Gasteiger partial charge in [0.05, 0.1) is 13.1 Å². The van der Waals surface area contributed by atoms with Crippen molar-refractivity contribution in [2.45, 2.75) is 12.5 Å². The molecule has 0 radical (unpaired) electrons. The van der Waals surface area contributed by atoms with Crippen LogP contribution in [0.2, 0.25) is 0 Å². The molecular formula is C21H28ClN3O3. The zero-order valence-corrected chi connectivity index (χ0v) is 16.7. The van der Waals surface area contributed by atoms with Gasteiger partial charge in [-0.05, 0) is 24.1 Å². The van der Waals surface area contributed by atoms with Crippen LogP contribution in [-0.2, 0) is 11.2 Å². The Morgan fingerprint density at radius 2 is 1.79 bits per heavy atom. The van der Waals surface area contributed by atoms with Gasteiger partial charge >= 0.3 is 0 Å². The first-order chi connectivity index (χ1) is 13.2. The van der Waals surface area contributed by atoms with Crippen molar-refractivity contribution in [2.24, 2.45) is 5.73 Å². The molecule has 2 aromatic rings. The number of benzene rings is 2. The van der Waals surface area contributed by atoms with Gasteiger partial charge in [0.2, 0.25) is 5.91 Å². The minimum atomic E-state index is -0.184. The molecule has 28 heavy (non-hydrogen) atoms. The minimum absolute atomic E-state index is 0. The topological polar surface area (TPSA) is 76.8 Å². The fourth-order valence-electron chi connectivity index (χ4n) is 3.03. The number of nitrogens with zero attached hydrogens (tertiary/aromatic N) is 1. The van der Waals surface area contributed by atoms with Crippen LogP contribution in [0.15, 0.2) is 54.6 Å². The van der Waals surface area contributed by atoms with Crippen LogP contribution in [0.3, 0.4) is 0 Å². The summed E-state index contributed by atoms with van der Waals surface area (Å²) in [6.45, 7) is 3.19. The summed E-state index contributed by atoms with van der Waals surface area (Å²) in [7, 11) is 0. The van der Waals surface area contributed by atoms with Crippen molar-refractivity contribution in [3.8, 4) is 11.5 Å². The molecule has 1 atom stereocenters. The number of hydrogen-bond acceptors (Lipinski definition) is 5. The number of amides is 1. The van der Waals surface area contributed by atoms with Crippen LogP contribution in [0, 0.1) is 0 Å². The Morgan fingerprint density at radius 1 is 1.07 bits per heavy atom. The normalized spacial score (nSPS) is 15.0. The second-order valence-electron chi connectivity index (χ2n) is 6.60. The summed E-state index contributed by atoms with van der Waals surface area (Å²) in [5.41, 5.74) is 6.96. The van der Waals surface area contributed by atoms with Crippen LogP contribution in [0.4, 0.5) is 0 Å². The van der Waals surface area contributed by atoms with Gasteiger partial charge in [0.1, 0.15) is 12.7 Å². The zero-order valence-electron chi connectivity index (χ0n) is 15.9. The third-order valence-corrected chi connectivity index (χ3v) is 4.47. The van der Waals surface area contributed by atoms with Crippen molar-refractivity contribution in [3.05, 3.63) is 60.2 Å². The lowest BCUT2D eigenvalue weighted by molar-refractivity contribution is -0.122. The van der Waals surface area contributed by atoms with E-state index in [1.54, 1.807) is 0 Å². The second-order valence-corrected chi connectivity index (χ2v) is 6.60. The molecule has 0 bridgehead atoms. The average Bonchev–Trinajstić information content (AvgIpc) is 2.71. The Hall–Kier alpha value is -2.28. The molecule has 1 aliphatic heterocycles. The molecule has 3 rings (SSSR count). The molecule has 0 aliphatic carbocycles. The Labute approximate surface area is 172 Å². The third-order valence-electron chi connectivity index (χ3n) is 4.47. The van der Waals surface area contributed by atoms with Crippen molar-refractivity contribution in [1.29, 1.82) is 0 Å². The molecule has 2 aromatic carbocycles. The van der Waals surface area contributed by atoms with Crippen LogP contribution >= 0.6 is 12.4 Å². The Kier molecular flexibility index (Phi) is 9.07. The van der Waals surface area contributed by atoms with Crippen molar-refractivity contribution in [1.82, 2.24) is 10.2 Å². The van der Waals surface area contributed by atoms with E-state index < -0.39 is 0 Å². The van der Waals surface area contributed by atoms with Crippen LogP contribution in [-0.4, -0.2) is 56.2 Å². The molecule has 1 aliphatic rings. The first-order valence-corrected chi connectivity index (χ1v) is 9.36. The van der Waals surface area contributed by atoms with Gasteiger partial charge < -0.3 is 20.5 Å². The number of nitrogens with one attached hydrogen (secondary N) is 1. The summed E-state index contributed by atoms with van der Waals surface area (Å²) in [6.07, 6.45) is 0.709. The van der Waals surface area contributed by atoms with Gasteiger partial charge in [0.15, 0.2) is 11.5 Å². The highest BCUT2D eigenvalue weighted by atomic mass is 35.5. The van der Waals surface area contributed by atoms with Crippen molar-refractivity contribution in [2.75, 3.05) is 39.3 Å². The van der Waals surface area contributed by atoms with E-state index in [1.165, 1.54) is 5.56 Å². The largest absolute Gasteiger partial charge is 0.486 e. The fourth-order valence-corrected chi connectivity index (χ4v) is 3.03. The number of carbonyl (C=O) groups excluding carboxylic acids is 1. The number of rotatable bonds is 9. The summed E-state index contributed by atoms with van der Waals surface area (Å²) in [4.78, 5) is 14.4. The van der Waals surface area contributed by atoms with E-state index >= 15 is 0 Å². The SMILES string of the molecule is Cl.NCCN(CCc1ccccc1)CC(=O)NCC1COc2ccccc2O1. The maximum absolute atomic E-state index is 12.3. The van der Waals surface area contributed by atoms with Gasteiger partial charge in [-0.25, -0.2) is 0 Å². The number of fused-ring (bicyclic) bond motifs is 1. The number of ether oxygens (including phenoxy) is 2. The predicted octanol–water partition coefficient (Wildman–Crippen LogP) is 1.87. The predicted molar refractivity (Wildman–Crippen MR) is 112 cm³/mol. The van der Waals surface area contributed by atoms with Gasteiger partial charge in [-0.1, -0.05) is 42.5 Å². The van der Waals surface area contributed by atoms with E-state index in [4.69, 9.17) is 15.2 Å². The van der Waals surface area contributed by atoms with Crippen LogP contribution in [0.1, 0.15) is 5.56 Å². The molecule has 152 valence electrons. The van der Waals surface area contributed by atoms with Crippen molar-refractivity contribution >= 4 is 18.3 Å². The molecular weight excluding hydrogens is 378 g/mol. The van der Waals surface area contributed by atoms with Crippen molar-refractivity contribution in [3.63, 3.8) is 0 Å². The van der Waals surface area contributed by atoms with Gasteiger partial charge in [0, 0.05) is 19.6 Å². The van der Waals surface area contributed by atoms with Gasteiger partial charge in [-0.2, -0.15) is 0 Å². The van der Waals surface area contributed by atoms with E-state index in [9.17, 15) is 4.79 Å². The van der Waals surface area contributed by atoms with Crippen LogP contribution < -0.4 is 20.5 Å². The van der Waals surface area contributed by atoms with E-state index in [-0.39, 0.29) is 24.4 Å². The summed E-state index contributed by atoms with van der Waals surface area (Å²) in [6, 6.07) is 17.8. The highest BCUT2D eigenvalue weighted by molar-refractivity contribution is 5.85. The van der Waals surface area contributed by atoms with E-state index in [0.29, 0.717) is 32.8 Å². The summed E-state index contributed by atoms with van der Waals surface area (Å²) < 4.78 is 11.5. The van der Waals surface area contributed by atoms with Crippen molar-refractivity contribution < 1.29 is 14.3 Å². The molecule has 1 heterocycles. The maximum Gasteiger partial charge on any atom is 0.234 e. The second kappa shape index (κ2) is 11.5. The number of carbonyl (C=O) groups is 1. The van der Waals surface area contributed by atoms with E-state index in [0.717, 1.165) is 24.5 Å². The van der Waals surface area contributed by atoms with Crippen LogP contribution in [0.5, 0.6) is 11.5 Å². The monoisotopic (exact) mass is 405 g/mol. The summed E-state index contributed by atoms with van der Waals surface area (Å²) in [5, 5.41) is 2.94. The molecule has 7 heteroatoms. The molecule has 0 fully saturated rings. The smallest absolute Gasteiger partial charge is 0.234 e. The molecule has 0 saturated heterocycles. The molecule has 0 spiro atoms. The third kappa shape index (κ3) is 6.71. The van der Waals surface area contributed by atoms with Gasteiger partial charge in [-0.3, -0.25) is 9.69 Å². The highest BCUT2D eigenvalue weighted by Gasteiger charge is 2.21. The quantitative estimate of drug-likeness (QED) is 0.666. The first-order valence-electron chi connectivity index (χ1n) is 9.36. The number of halogens is 1. The molecule has 1 unspecified atom stereocenters. The molecule has 1 amide bonds. The van der Waals surface area contributed by atoms with Gasteiger partial charge in [-0.15, -0.1) is 12.4 Å². The molecule has 6 nitrogen and oxygen atoms in total. The molecule has 3 N–H and O–H groups in total. The Balaban J connectivity index is 0.00000280. The lowest BCUT2D eigenvalue weighted by Crippen LogP contribution is -2.45.